The van der Waals surface area contributed by atoms with E-state index in [0.717, 1.165) is 25.8 Å². The highest BCUT2D eigenvalue weighted by atomic mass is 16.2. The van der Waals surface area contributed by atoms with Crippen LogP contribution in [0.1, 0.15) is 37.8 Å². The normalized spacial score (nSPS) is 18.8. The van der Waals surface area contributed by atoms with Crippen molar-refractivity contribution in [1.29, 1.82) is 0 Å². The van der Waals surface area contributed by atoms with E-state index in [0.29, 0.717) is 6.54 Å². The van der Waals surface area contributed by atoms with Gasteiger partial charge in [0, 0.05) is 19.0 Å². The molecule has 1 aliphatic heterocycles. The van der Waals surface area contributed by atoms with Crippen LogP contribution in [0.25, 0.3) is 0 Å². The van der Waals surface area contributed by atoms with Crippen LogP contribution in [0.3, 0.4) is 0 Å². The minimum atomic E-state index is -0.404. The number of amides is 2. The van der Waals surface area contributed by atoms with Crippen LogP contribution in [0.4, 0.5) is 0 Å². The highest BCUT2D eigenvalue weighted by Gasteiger charge is 2.35. The van der Waals surface area contributed by atoms with E-state index < -0.39 is 6.04 Å². The van der Waals surface area contributed by atoms with Crippen molar-refractivity contribution >= 4 is 11.8 Å². The molecule has 0 saturated heterocycles. The standard InChI is InChI=1S/C18H24N2O2/c1-12(2)16(19-17(21)14-7-8-14)18(22)20-10-9-13-5-3-4-6-15(13)11-20/h3-6,12,14,16H,7-11H2,1-2H3,(H,19,21)/t16-/m0/s1. The van der Waals surface area contributed by atoms with E-state index in [2.05, 4.69) is 17.4 Å². The first-order valence-corrected chi connectivity index (χ1v) is 8.22. The minimum absolute atomic E-state index is 0.0458. The Hall–Kier alpha value is -1.84. The third-order valence-corrected chi connectivity index (χ3v) is 4.62. The summed E-state index contributed by atoms with van der Waals surface area (Å²) in [6.07, 6.45) is 2.81. The molecule has 4 nitrogen and oxygen atoms in total. The number of carbonyl (C=O) groups is 2. The molecule has 1 aromatic carbocycles. The minimum Gasteiger partial charge on any atom is -0.344 e. The average molecular weight is 300 g/mol. The fourth-order valence-electron chi connectivity index (χ4n) is 3.01. The van der Waals surface area contributed by atoms with Crippen molar-refractivity contribution in [1.82, 2.24) is 10.2 Å². The van der Waals surface area contributed by atoms with Gasteiger partial charge in [0.1, 0.15) is 6.04 Å². The van der Waals surface area contributed by atoms with Gasteiger partial charge in [0.2, 0.25) is 11.8 Å². The van der Waals surface area contributed by atoms with E-state index in [9.17, 15) is 9.59 Å². The molecule has 118 valence electrons. The molecule has 0 unspecified atom stereocenters. The number of nitrogens with zero attached hydrogens (tertiary/aromatic N) is 1. The smallest absolute Gasteiger partial charge is 0.245 e. The van der Waals surface area contributed by atoms with Crippen molar-refractivity contribution in [2.24, 2.45) is 11.8 Å². The van der Waals surface area contributed by atoms with E-state index in [1.54, 1.807) is 0 Å². The number of fused-ring (bicyclic) bond motifs is 1. The predicted molar refractivity (Wildman–Crippen MR) is 85.1 cm³/mol. The predicted octanol–water partition coefficient (Wildman–Crippen LogP) is 2.12. The van der Waals surface area contributed by atoms with Crippen molar-refractivity contribution in [2.75, 3.05) is 6.54 Å². The molecule has 1 aromatic rings. The zero-order valence-corrected chi connectivity index (χ0v) is 13.3. The van der Waals surface area contributed by atoms with Crippen LogP contribution in [0, 0.1) is 11.8 Å². The molecule has 1 atom stereocenters. The molecule has 0 spiro atoms. The second-order valence-electron chi connectivity index (χ2n) is 6.78. The lowest BCUT2D eigenvalue weighted by atomic mass is 9.97. The summed E-state index contributed by atoms with van der Waals surface area (Å²) in [7, 11) is 0. The van der Waals surface area contributed by atoms with E-state index in [1.165, 1.54) is 11.1 Å². The van der Waals surface area contributed by atoms with Crippen LogP contribution in [-0.4, -0.2) is 29.3 Å². The maximum absolute atomic E-state index is 12.8. The monoisotopic (exact) mass is 300 g/mol. The first-order valence-electron chi connectivity index (χ1n) is 8.22. The number of nitrogens with one attached hydrogen (secondary N) is 1. The quantitative estimate of drug-likeness (QED) is 0.926. The van der Waals surface area contributed by atoms with Crippen molar-refractivity contribution in [3.63, 3.8) is 0 Å². The molecule has 1 saturated carbocycles. The van der Waals surface area contributed by atoms with Crippen LogP contribution in [-0.2, 0) is 22.6 Å². The molecule has 1 heterocycles. The van der Waals surface area contributed by atoms with Crippen molar-refractivity contribution in [2.45, 2.75) is 45.7 Å². The molecule has 1 N–H and O–H groups in total. The highest BCUT2D eigenvalue weighted by molar-refractivity contribution is 5.89. The lowest BCUT2D eigenvalue weighted by molar-refractivity contribution is -0.138. The molecule has 0 bridgehead atoms. The zero-order chi connectivity index (χ0) is 15.7. The van der Waals surface area contributed by atoms with Gasteiger partial charge < -0.3 is 10.2 Å². The summed E-state index contributed by atoms with van der Waals surface area (Å²) in [5.74, 6) is 0.339. The Balaban J connectivity index is 1.69. The summed E-state index contributed by atoms with van der Waals surface area (Å²) >= 11 is 0. The lowest BCUT2D eigenvalue weighted by Crippen LogP contribution is -2.52. The molecule has 1 aliphatic carbocycles. The Morgan fingerprint density at radius 2 is 1.86 bits per heavy atom. The van der Waals surface area contributed by atoms with Gasteiger partial charge >= 0.3 is 0 Å². The van der Waals surface area contributed by atoms with Crippen LogP contribution in [0.15, 0.2) is 24.3 Å². The van der Waals surface area contributed by atoms with Crippen molar-refractivity contribution in [3.8, 4) is 0 Å². The van der Waals surface area contributed by atoms with Crippen LogP contribution < -0.4 is 5.32 Å². The Morgan fingerprint density at radius 1 is 1.18 bits per heavy atom. The summed E-state index contributed by atoms with van der Waals surface area (Å²) in [5, 5.41) is 2.97. The van der Waals surface area contributed by atoms with Gasteiger partial charge in [-0.25, -0.2) is 0 Å². The number of hydrogen-bond acceptors (Lipinski definition) is 2. The fourth-order valence-corrected chi connectivity index (χ4v) is 3.01. The van der Waals surface area contributed by atoms with E-state index in [-0.39, 0.29) is 23.7 Å². The number of hydrogen-bond donors (Lipinski definition) is 1. The third kappa shape index (κ3) is 3.16. The average Bonchev–Trinajstić information content (AvgIpc) is 3.36. The van der Waals surface area contributed by atoms with Gasteiger partial charge in [0.15, 0.2) is 0 Å². The summed E-state index contributed by atoms with van der Waals surface area (Å²) in [5.41, 5.74) is 2.55. The van der Waals surface area contributed by atoms with Crippen LogP contribution in [0.2, 0.25) is 0 Å². The topological polar surface area (TPSA) is 49.4 Å². The van der Waals surface area contributed by atoms with Gasteiger partial charge in [-0.3, -0.25) is 9.59 Å². The second kappa shape index (κ2) is 6.11. The van der Waals surface area contributed by atoms with Crippen LogP contribution in [0.5, 0.6) is 0 Å². The zero-order valence-electron chi connectivity index (χ0n) is 13.3. The van der Waals surface area contributed by atoms with E-state index in [4.69, 9.17) is 0 Å². The summed E-state index contributed by atoms with van der Waals surface area (Å²) < 4.78 is 0. The Morgan fingerprint density at radius 3 is 2.50 bits per heavy atom. The van der Waals surface area contributed by atoms with Gasteiger partial charge in [0.05, 0.1) is 0 Å². The Kier molecular flexibility index (Phi) is 4.19. The van der Waals surface area contributed by atoms with E-state index >= 15 is 0 Å². The largest absolute Gasteiger partial charge is 0.344 e. The highest BCUT2D eigenvalue weighted by Crippen LogP contribution is 2.29. The van der Waals surface area contributed by atoms with Gasteiger partial charge in [0.25, 0.3) is 0 Å². The molecule has 0 radical (unpaired) electrons. The Bertz CT molecular complexity index is 578. The fraction of sp³-hybridized carbons (Fsp3) is 0.556. The van der Waals surface area contributed by atoms with E-state index in [1.807, 2.05) is 30.9 Å². The molecule has 3 rings (SSSR count). The summed E-state index contributed by atoms with van der Waals surface area (Å²) in [4.78, 5) is 26.8. The molecule has 2 amide bonds. The maximum Gasteiger partial charge on any atom is 0.245 e. The van der Waals surface area contributed by atoms with Crippen molar-refractivity contribution < 1.29 is 9.59 Å². The molecule has 2 aliphatic rings. The first-order chi connectivity index (χ1) is 10.6. The Labute approximate surface area is 131 Å². The SMILES string of the molecule is CC(C)[C@H](NC(=O)C1CC1)C(=O)N1CCc2ccccc2C1. The van der Waals surface area contributed by atoms with Gasteiger partial charge in [-0.05, 0) is 36.3 Å². The van der Waals surface area contributed by atoms with Crippen LogP contribution >= 0.6 is 0 Å². The van der Waals surface area contributed by atoms with Gasteiger partial charge in [-0.2, -0.15) is 0 Å². The lowest BCUT2D eigenvalue weighted by Gasteiger charge is -2.33. The molecular formula is C18H24N2O2. The summed E-state index contributed by atoms with van der Waals surface area (Å²) in [6, 6.07) is 7.87. The molecule has 4 heteroatoms. The van der Waals surface area contributed by atoms with Gasteiger partial charge in [-0.1, -0.05) is 38.1 Å². The molecule has 0 aromatic heterocycles. The number of rotatable bonds is 4. The second-order valence-corrected chi connectivity index (χ2v) is 6.78. The summed E-state index contributed by atoms with van der Waals surface area (Å²) in [6.45, 7) is 5.37. The number of carbonyl (C=O) groups excluding carboxylic acids is 2. The third-order valence-electron chi connectivity index (χ3n) is 4.62. The molecule has 22 heavy (non-hydrogen) atoms. The van der Waals surface area contributed by atoms with Gasteiger partial charge in [-0.15, -0.1) is 0 Å². The molecular weight excluding hydrogens is 276 g/mol. The number of benzene rings is 1. The molecule has 1 fully saturated rings. The maximum atomic E-state index is 12.8. The first kappa shape index (κ1) is 15.1. The van der Waals surface area contributed by atoms with Crippen molar-refractivity contribution in [3.05, 3.63) is 35.4 Å².